The van der Waals surface area contributed by atoms with E-state index in [9.17, 15) is 4.79 Å². The van der Waals surface area contributed by atoms with Gasteiger partial charge in [-0.25, -0.2) is 9.97 Å². The van der Waals surface area contributed by atoms with Crippen LogP contribution in [0, 0.1) is 5.92 Å². The van der Waals surface area contributed by atoms with Gasteiger partial charge in [0.05, 0.1) is 27.8 Å². The molecule has 0 saturated carbocycles. The Balaban J connectivity index is 1.76. The number of nitrogens with zero attached hydrogens (tertiary/aromatic N) is 4. The molecule has 0 fully saturated rings. The van der Waals surface area contributed by atoms with Crippen LogP contribution in [0.1, 0.15) is 36.1 Å². The van der Waals surface area contributed by atoms with Crippen LogP contribution in [0.15, 0.2) is 30.9 Å². The van der Waals surface area contributed by atoms with E-state index in [0.717, 1.165) is 21.6 Å². The van der Waals surface area contributed by atoms with E-state index in [2.05, 4.69) is 41.2 Å². The Morgan fingerprint density at radius 2 is 2.21 bits per heavy atom. The van der Waals surface area contributed by atoms with Gasteiger partial charge in [-0.15, -0.1) is 11.3 Å². The summed E-state index contributed by atoms with van der Waals surface area (Å²) in [6.07, 6.45) is 4.08. The van der Waals surface area contributed by atoms with Gasteiger partial charge in [-0.3, -0.25) is 9.48 Å². The maximum atomic E-state index is 12.6. The molecule has 24 heavy (non-hydrogen) atoms. The first kappa shape index (κ1) is 16.6. The first-order chi connectivity index (χ1) is 11.6. The fourth-order valence-corrected chi connectivity index (χ4v) is 3.41. The molecule has 0 spiro atoms. The van der Waals surface area contributed by atoms with Gasteiger partial charge in [0.25, 0.3) is 5.91 Å². The highest BCUT2D eigenvalue weighted by Crippen LogP contribution is 2.23. The van der Waals surface area contributed by atoms with Crippen LogP contribution in [-0.2, 0) is 13.0 Å². The lowest BCUT2D eigenvalue weighted by molar-refractivity contribution is 0.0919. The van der Waals surface area contributed by atoms with Crippen molar-refractivity contribution in [2.45, 2.75) is 39.8 Å². The lowest BCUT2D eigenvalue weighted by atomic mass is 10.0. The molecule has 3 aromatic rings. The van der Waals surface area contributed by atoms with E-state index in [1.165, 1.54) is 6.33 Å². The molecule has 126 valence electrons. The van der Waals surface area contributed by atoms with Gasteiger partial charge in [-0.1, -0.05) is 20.8 Å². The van der Waals surface area contributed by atoms with Crippen molar-refractivity contribution in [1.82, 2.24) is 25.1 Å². The maximum Gasteiger partial charge on any atom is 0.251 e. The topological polar surface area (TPSA) is 72.7 Å². The van der Waals surface area contributed by atoms with Gasteiger partial charge in [-0.2, -0.15) is 5.10 Å². The minimum atomic E-state index is -0.0674. The zero-order valence-electron chi connectivity index (χ0n) is 14.1. The zero-order valence-corrected chi connectivity index (χ0v) is 14.9. The van der Waals surface area contributed by atoms with Crippen LogP contribution in [0.3, 0.4) is 0 Å². The molecular formula is C17H21N5OS. The number of rotatable bonds is 6. The number of carbonyl (C=O) groups is 1. The number of carbonyl (C=O) groups excluding carboxylic acids is 1. The second kappa shape index (κ2) is 7.09. The fraction of sp³-hybridized carbons (Fsp3) is 0.412. The number of thiazole rings is 1. The van der Waals surface area contributed by atoms with Gasteiger partial charge < -0.3 is 5.32 Å². The molecule has 0 aliphatic rings. The third-order valence-electron chi connectivity index (χ3n) is 3.97. The molecule has 0 unspecified atom stereocenters. The van der Waals surface area contributed by atoms with Gasteiger partial charge in [0.15, 0.2) is 0 Å². The number of nitrogens with one attached hydrogen (secondary N) is 1. The fourth-order valence-electron chi connectivity index (χ4n) is 2.47. The smallest absolute Gasteiger partial charge is 0.251 e. The number of hydrogen-bond donors (Lipinski definition) is 1. The van der Waals surface area contributed by atoms with Crippen LogP contribution in [0.4, 0.5) is 0 Å². The standard InChI is InChI=1S/C17H21N5OS/c1-4-16-20-13-6-5-12(7-15(13)24-16)17(23)21-14(11(2)3)8-22-10-18-9-19-22/h5-7,9-11,14H,4,8H2,1-3H3,(H,21,23)/t14-/m1/s1. The van der Waals surface area contributed by atoms with Crippen molar-refractivity contribution in [3.05, 3.63) is 41.4 Å². The average Bonchev–Trinajstić information content (AvgIpc) is 3.21. The monoisotopic (exact) mass is 343 g/mol. The predicted octanol–water partition coefficient (Wildman–Crippen LogP) is 2.90. The first-order valence-electron chi connectivity index (χ1n) is 8.09. The van der Waals surface area contributed by atoms with Crippen LogP contribution < -0.4 is 5.32 Å². The van der Waals surface area contributed by atoms with Crippen molar-refractivity contribution in [1.29, 1.82) is 0 Å². The van der Waals surface area contributed by atoms with Crippen LogP contribution in [-0.4, -0.2) is 31.7 Å². The minimum absolute atomic E-state index is 0.0115. The number of hydrogen-bond acceptors (Lipinski definition) is 5. The largest absolute Gasteiger partial charge is 0.347 e. The van der Waals surface area contributed by atoms with Crippen molar-refractivity contribution in [2.75, 3.05) is 0 Å². The molecule has 6 nitrogen and oxygen atoms in total. The van der Waals surface area contributed by atoms with Crippen molar-refractivity contribution in [2.24, 2.45) is 5.92 Å². The third-order valence-corrected chi connectivity index (χ3v) is 5.13. The zero-order chi connectivity index (χ0) is 17.1. The molecule has 0 aliphatic carbocycles. The van der Waals surface area contributed by atoms with E-state index in [1.54, 1.807) is 22.3 Å². The summed E-state index contributed by atoms with van der Waals surface area (Å²) < 4.78 is 2.79. The van der Waals surface area contributed by atoms with Crippen molar-refractivity contribution in [3.63, 3.8) is 0 Å². The van der Waals surface area contributed by atoms with Crippen LogP contribution in [0.2, 0.25) is 0 Å². The molecule has 2 aromatic heterocycles. The molecule has 0 radical (unpaired) electrons. The molecule has 0 saturated heterocycles. The van der Waals surface area contributed by atoms with Gasteiger partial charge in [0, 0.05) is 5.56 Å². The van der Waals surface area contributed by atoms with Gasteiger partial charge in [0.1, 0.15) is 12.7 Å². The highest BCUT2D eigenvalue weighted by Gasteiger charge is 2.18. The van der Waals surface area contributed by atoms with Crippen LogP contribution >= 0.6 is 11.3 Å². The van der Waals surface area contributed by atoms with Crippen LogP contribution in [0.25, 0.3) is 10.2 Å². The van der Waals surface area contributed by atoms with Gasteiger partial charge in [-0.05, 0) is 30.5 Å². The molecular weight excluding hydrogens is 322 g/mol. The average molecular weight is 343 g/mol. The lowest BCUT2D eigenvalue weighted by Crippen LogP contribution is -2.41. The second-order valence-corrected chi connectivity index (χ2v) is 7.20. The molecule has 0 bridgehead atoms. The first-order valence-corrected chi connectivity index (χ1v) is 8.91. The van der Waals surface area contributed by atoms with E-state index in [1.807, 2.05) is 18.2 Å². The number of amides is 1. The Kier molecular flexibility index (Phi) is 4.89. The second-order valence-electron chi connectivity index (χ2n) is 6.09. The summed E-state index contributed by atoms with van der Waals surface area (Å²) in [6.45, 7) is 6.86. The van der Waals surface area contributed by atoms with Crippen molar-refractivity contribution >= 4 is 27.5 Å². The Labute approximate surface area is 144 Å². The summed E-state index contributed by atoms with van der Waals surface area (Å²) in [5.74, 6) is 0.221. The molecule has 2 heterocycles. The summed E-state index contributed by atoms with van der Waals surface area (Å²) in [4.78, 5) is 21.1. The predicted molar refractivity (Wildman–Crippen MR) is 95.1 cm³/mol. The van der Waals surface area contributed by atoms with Crippen LogP contribution in [0.5, 0.6) is 0 Å². The SMILES string of the molecule is CCc1nc2ccc(C(=O)N[C@H](Cn3cncn3)C(C)C)cc2s1. The van der Waals surface area contributed by atoms with E-state index >= 15 is 0 Å². The quantitative estimate of drug-likeness (QED) is 0.747. The molecule has 1 aromatic carbocycles. The number of aryl methyl sites for hydroxylation is 1. The Morgan fingerprint density at radius 3 is 2.88 bits per heavy atom. The number of aromatic nitrogens is 4. The van der Waals surface area contributed by atoms with Gasteiger partial charge >= 0.3 is 0 Å². The maximum absolute atomic E-state index is 12.6. The number of benzene rings is 1. The van der Waals surface area contributed by atoms with E-state index in [-0.39, 0.29) is 17.9 Å². The van der Waals surface area contributed by atoms with E-state index < -0.39 is 0 Å². The van der Waals surface area contributed by atoms with Crippen molar-refractivity contribution < 1.29 is 4.79 Å². The Hall–Kier alpha value is -2.28. The Bertz CT molecular complexity index is 825. The molecule has 1 atom stereocenters. The van der Waals surface area contributed by atoms with Gasteiger partial charge in [0.2, 0.25) is 0 Å². The third kappa shape index (κ3) is 3.62. The summed E-state index contributed by atoms with van der Waals surface area (Å²) in [5.41, 5.74) is 1.62. The molecule has 7 heteroatoms. The summed E-state index contributed by atoms with van der Waals surface area (Å²) >= 11 is 1.64. The van der Waals surface area contributed by atoms with Crippen molar-refractivity contribution in [3.8, 4) is 0 Å². The van der Waals surface area contributed by atoms with E-state index in [0.29, 0.717) is 12.1 Å². The summed E-state index contributed by atoms with van der Waals surface area (Å²) in [6, 6.07) is 5.67. The highest BCUT2D eigenvalue weighted by molar-refractivity contribution is 7.18. The highest BCUT2D eigenvalue weighted by atomic mass is 32.1. The molecule has 1 amide bonds. The summed E-state index contributed by atoms with van der Waals surface area (Å²) in [5, 5.41) is 8.32. The normalized spacial score (nSPS) is 12.7. The summed E-state index contributed by atoms with van der Waals surface area (Å²) in [7, 11) is 0. The Morgan fingerprint density at radius 1 is 1.38 bits per heavy atom. The number of fused-ring (bicyclic) bond motifs is 1. The van der Waals surface area contributed by atoms with E-state index in [4.69, 9.17) is 0 Å². The molecule has 0 aliphatic heterocycles. The molecule has 3 rings (SSSR count). The molecule has 1 N–H and O–H groups in total. The lowest BCUT2D eigenvalue weighted by Gasteiger charge is -2.22. The minimum Gasteiger partial charge on any atom is -0.347 e.